The quantitative estimate of drug-likeness (QED) is 0.882. The Morgan fingerprint density at radius 3 is 2.74 bits per heavy atom. The maximum Gasteiger partial charge on any atom is 0.165 e. The molecule has 0 spiro atoms. The molecule has 0 saturated heterocycles. The van der Waals surface area contributed by atoms with Crippen molar-refractivity contribution in [2.75, 3.05) is 0 Å². The van der Waals surface area contributed by atoms with Gasteiger partial charge in [-0.3, -0.25) is 0 Å². The number of aromatic nitrogens is 4. The zero-order chi connectivity index (χ0) is 13.8. The minimum absolute atomic E-state index is 0.275. The fourth-order valence-electron chi connectivity index (χ4n) is 1.94. The van der Waals surface area contributed by atoms with E-state index in [1.807, 2.05) is 16.0 Å². The van der Waals surface area contributed by atoms with Crippen LogP contribution >= 0.6 is 11.3 Å². The Kier molecular flexibility index (Phi) is 4.66. The minimum atomic E-state index is 0.275. The van der Waals surface area contributed by atoms with E-state index >= 15 is 0 Å². The SMILES string of the molecule is Cc1ccc(CC(C)n2nnnc2CNC(C)C)s1. The summed E-state index contributed by atoms with van der Waals surface area (Å²) in [5.74, 6) is 0.898. The van der Waals surface area contributed by atoms with E-state index < -0.39 is 0 Å². The van der Waals surface area contributed by atoms with E-state index in [-0.39, 0.29) is 6.04 Å². The van der Waals surface area contributed by atoms with Gasteiger partial charge in [0.1, 0.15) is 0 Å². The van der Waals surface area contributed by atoms with Crippen molar-refractivity contribution in [3.63, 3.8) is 0 Å². The van der Waals surface area contributed by atoms with Crippen LogP contribution in [0.1, 0.15) is 42.4 Å². The summed E-state index contributed by atoms with van der Waals surface area (Å²) in [7, 11) is 0. The van der Waals surface area contributed by atoms with Gasteiger partial charge in [-0.05, 0) is 36.4 Å². The van der Waals surface area contributed by atoms with Crippen LogP contribution in [-0.4, -0.2) is 26.2 Å². The molecule has 2 rings (SSSR count). The van der Waals surface area contributed by atoms with E-state index in [0.29, 0.717) is 12.6 Å². The zero-order valence-corrected chi connectivity index (χ0v) is 12.7. The third kappa shape index (κ3) is 3.84. The molecular weight excluding hydrogens is 258 g/mol. The van der Waals surface area contributed by atoms with Crippen LogP contribution in [0.5, 0.6) is 0 Å². The first kappa shape index (κ1) is 14.1. The molecule has 104 valence electrons. The summed E-state index contributed by atoms with van der Waals surface area (Å²) in [5.41, 5.74) is 0. The highest BCUT2D eigenvalue weighted by molar-refractivity contribution is 7.11. The summed E-state index contributed by atoms with van der Waals surface area (Å²) in [5, 5.41) is 15.4. The highest BCUT2D eigenvalue weighted by Gasteiger charge is 2.14. The van der Waals surface area contributed by atoms with Gasteiger partial charge < -0.3 is 5.32 Å². The Hall–Kier alpha value is -1.27. The Labute approximate surface area is 118 Å². The molecular formula is C13H21N5S. The number of aryl methyl sites for hydroxylation is 1. The Bertz CT molecular complexity index is 517. The van der Waals surface area contributed by atoms with Crippen LogP contribution in [0.3, 0.4) is 0 Å². The molecule has 1 unspecified atom stereocenters. The van der Waals surface area contributed by atoms with Crippen molar-refractivity contribution < 1.29 is 0 Å². The fraction of sp³-hybridized carbons (Fsp3) is 0.615. The van der Waals surface area contributed by atoms with Gasteiger partial charge in [0, 0.05) is 22.2 Å². The summed E-state index contributed by atoms with van der Waals surface area (Å²) in [6.45, 7) is 9.23. The highest BCUT2D eigenvalue weighted by atomic mass is 32.1. The third-order valence-corrected chi connectivity index (χ3v) is 3.96. The molecule has 2 aromatic heterocycles. The summed E-state index contributed by atoms with van der Waals surface area (Å²) in [6.07, 6.45) is 0.970. The molecule has 1 atom stereocenters. The largest absolute Gasteiger partial charge is 0.308 e. The van der Waals surface area contributed by atoms with Crippen molar-refractivity contribution in [1.82, 2.24) is 25.5 Å². The van der Waals surface area contributed by atoms with Crippen molar-refractivity contribution in [2.24, 2.45) is 0 Å². The van der Waals surface area contributed by atoms with Gasteiger partial charge in [0.25, 0.3) is 0 Å². The number of rotatable bonds is 6. The normalized spacial score (nSPS) is 13.1. The molecule has 0 amide bonds. The van der Waals surface area contributed by atoms with Crippen LogP contribution in [-0.2, 0) is 13.0 Å². The molecule has 0 aromatic carbocycles. The number of thiophene rings is 1. The van der Waals surface area contributed by atoms with Gasteiger partial charge in [-0.15, -0.1) is 16.4 Å². The van der Waals surface area contributed by atoms with E-state index in [9.17, 15) is 0 Å². The standard InChI is InChI=1S/C13H21N5S/c1-9(2)14-8-13-15-16-17-18(13)10(3)7-12-6-5-11(4)19-12/h5-6,9-10,14H,7-8H2,1-4H3. The number of hydrogen-bond acceptors (Lipinski definition) is 5. The van der Waals surface area contributed by atoms with Crippen molar-refractivity contribution in [2.45, 2.75) is 52.7 Å². The van der Waals surface area contributed by atoms with Crippen molar-refractivity contribution in [3.05, 3.63) is 27.7 Å². The van der Waals surface area contributed by atoms with Crippen LogP contribution in [0.2, 0.25) is 0 Å². The van der Waals surface area contributed by atoms with E-state index in [1.165, 1.54) is 9.75 Å². The lowest BCUT2D eigenvalue weighted by molar-refractivity contribution is 0.444. The Morgan fingerprint density at radius 2 is 2.11 bits per heavy atom. The first-order chi connectivity index (χ1) is 9.06. The lowest BCUT2D eigenvalue weighted by atomic mass is 10.2. The molecule has 1 N–H and O–H groups in total. The zero-order valence-electron chi connectivity index (χ0n) is 11.9. The molecule has 0 saturated carbocycles. The van der Waals surface area contributed by atoms with Gasteiger partial charge in [-0.1, -0.05) is 13.8 Å². The molecule has 0 aliphatic heterocycles. The van der Waals surface area contributed by atoms with E-state index in [1.54, 1.807) is 0 Å². The summed E-state index contributed by atoms with van der Waals surface area (Å²) in [6, 6.07) is 5.05. The minimum Gasteiger partial charge on any atom is -0.308 e. The molecule has 6 heteroatoms. The number of nitrogens with zero attached hydrogens (tertiary/aromatic N) is 4. The van der Waals surface area contributed by atoms with Gasteiger partial charge in [0.15, 0.2) is 5.82 Å². The third-order valence-electron chi connectivity index (χ3n) is 2.94. The first-order valence-electron chi connectivity index (χ1n) is 6.61. The molecule has 0 radical (unpaired) electrons. The maximum atomic E-state index is 4.12. The van der Waals surface area contributed by atoms with Crippen LogP contribution in [0, 0.1) is 6.92 Å². The van der Waals surface area contributed by atoms with Crippen molar-refractivity contribution >= 4 is 11.3 Å². The predicted octanol–water partition coefficient (Wildman–Crippen LogP) is 2.34. The van der Waals surface area contributed by atoms with E-state index in [4.69, 9.17) is 0 Å². The summed E-state index contributed by atoms with van der Waals surface area (Å²) < 4.78 is 1.92. The van der Waals surface area contributed by atoms with Crippen LogP contribution in [0.25, 0.3) is 0 Å². The topological polar surface area (TPSA) is 55.6 Å². The molecule has 2 heterocycles. The van der Waals surface area contributed by atoms with Crippen molar-refractivity contribution in [1.29, 1.82) is 0 Å². The molecule has 19 heavy (non-hydrogen) atoms. The second-order valence-corrected chi connectivity index (χ2v) is 6.51. The molecule has 0 bridgehead atoms. The van der Waals surface area contributed by atoms with E-state index in [0.717, 1.165) is 12.2 Å². The molecule has 0 aliphatic rings. The van der Waals surface area contributed by atoms with Gasteiger partial charge in [-0.25, -0.2) is 4.68 Å². The number of nitrogens with one attached hydrogen (secondary N) is 1. The monoisotopic (exact) mass is 279 g/mol. The fourth-order valence-corrected chi connectivity index (χ4v) is 2.95. The number of hydrogen-bond donors (Lipinski definition) is 1. The molecule has 0 aliphatic carbocycles. The second kappa shape index (κ2) is 6.25. The average molecular weight is 279 g/mol. The smallest absolute Gasteiger partial charge is 0.165 e. The highest BCUT2D eigenvalue weighted by Crippen LogP contribution is 2.21. The maximum absolute atomic E-state index is 4.12. The lowest BCUT2D eigenvalue weighted by Crippen LogP contribution is -2.25. The summed E-state index contributed by atoms with van der Waals surface area (Å²) >= 11 is 1.84. The number of tetrazole rings is 1. The first-order valence-corrected chi connectivity index (χ1v) is 7.43. The average Bonchev–Trinajstić information content (AvgIpc) is 2.95. The molecule has 2 aromatic rings. The van der Waals surface area contributed by atoms with E-state index in [2.05, 4.69) is 60.7 Å². The van der Waals surface area contributed by atoms with Crippen LogP contribution in [0.15, 0.2) is 12.1 Å². The summed E-state index contributed by atoms with van der Waals surface area (Å²) in [4.78, 5) is 2.73. The van der Waals surface area contributed by atoms with Crippen molar-refractivity contribution in [3.8, 4) is 0 Å². The Balaban J connectivity index is 2.02. The molecule has 5 nitrogen and oxygen atoms in total. The second-order valence-electron chi connectivity index (χ2n) is 5.14. The molecule has 0 fully saturated rings. The van der Waals surface area contributed by atoms with Gasteiger partial charge in [-0.2, -0.15) is 0 Å². The van der Waals surface area contributed by atoms with Crippen LogP contribution in [0.4, 0.5) is 0 Å². The van der Waals surface area contributed by atoms with Crippen LogP contribution < -0.4 is 5.32 Å². The van der Waals surface area contributed by atoms with Gasteiger partial charge in [0.05, 0.1) is 12.6 Å². The van der Waals surface area contributed by atoms with Gasteiger partial charge >= 0.3 is 0 Å². The Morgan fingerprint density at radius 1 is 1.32 bits per heavy atom. The predicted molar refractivity (Wildman–Crippen MR) is 77.3 cm³/mol. The lowest BCUT2D eigenvalue weighted by Gasteiger charge is -2.13. The van der Waals surface area contributed by atoms with Gasteiger partial charge in [0.2, 0.25) is 0 Å².